The molecular formula is C22H32N2O5S. The Morgan fingerprint density at radius 3 is 2.40 bits per heavy atom. The molecule has 0 bridgehead atoms. The number of hydrogen-bond donors (Lipinski definition) is 0. The van der Waals surface area contributed by atoms with E-state index in [1.807, 2.05) is 0 Å². The normalized spacial score (nSPS) is 20.4. The van der Waals surface area contributed by atoms with Crippen molar-refractivity contribution in [1.82, 2.24) is 9.21 Å². The number of piperidine rings is 1. The van der Waals surface area contributed by atoms with Gasteiger partial charge in [0.25, 0.3) is 0 Å². The molecule has 0 spiro atoms. The predicted molar refractivity (Wildman–Crippen MR) is 113 cm³/mol. The minimum atomic E-state index is -3.62. The highest BCUT2D eigenvalue weighted by atomic mass is 32.2. The summed E-state index contributed by atoms with van der Waals surface area (Å²) in [6.45, 7) is 6.80. The van der Waals surface area contributed by atoms with Crippen molar-refractivity contribution < 1.29 is 22.7 Å². The Kier molecular flexibility index (Phi) is 6.25. The van der Waals surface area contributed by atoms with Gasteiger partial charge in [-0.1, -0.05) is 13.8 Å². The lowest BCUT2D eigenvalue weighted by molar-refractivity contribution is -0.137. The molecule has 0 N–H and O–H groups in total. The lowest BCUT2D eigenvalue weighted by Crippen LogP contribution is -2.45. The Labute approximate surface area is 179 Å². The molecule has 1 amide bonds. The van der Waals surface area contributed by atoms with Crippen LogP contribution in [0.3, 0.4) is 0 Å². The molecule has 0 atom stereocenters. The molecule has 166 valence electrons. The van der Waals surface area contributed by atoms with Crippen LogP contribution in [-0.4, -0.2) is 62.4 Å². The van der Waals surface area contributed by atoms with Gasteiger partial charge in [-0.2, -0.15) is 4.31 Å². The van der Waals surface area contributed by atoms with Crippen LogP contribution in [0.4, 0.5) is 0 Å². The van der Waals surface area contributed by atoms with Gasteiger partial charge in [-0.15, -0.1) is 0 Å². The van der Waals surface area contributed by atoms with Gasteiger partial charge in [0.05, 0.1) is 4.90 Å². The SMILES string of the molecule is CC(C)CCN(C(=O)C1CCN(S(=O)(=O)c2ccc3c(c2)OCCO3)CC1)C1CC1. The molecule has 1 aromatic carbocycles. The summed E-state index contributed by atoms with van der Waals surface area (Å²) in [7, 11) is -3.62. The Morgan fingerprint density at radius 2 is 1.77 bits per heavy atom. The summed E-state index contributed by atoms with van der Waals surface area (Å²) >= 11 is 0. The molecule has 4 rings (SSSR count). The van der Waals surface area contributed by atoms with Gasteiger partial charge < -0.3 is 14.4 Å². The fraction of sp³-hybridized carbons (Fsp3) is 0.682. The fourth-order valence-electron chi connectivity index (χ4n) is 4.17. The summed E-state index contributed by atoms with van der Waals surface area (Å²) in [5.41, 5.74) is 0. The van der Waals surface area contributed by atoms with E-state index in [-0.39, 0.29) is 16.7 Å². The highest BCUT2D eigenvalue weighted by Gasteiger charge is 2.38. The van der Waals surface area contributed by atoms with E-state index in [0.29, 0.717) is 62.6 Å². The van der Waals surface area contributed by atoms with Gasteiger partial charge in [0.2, 0.25) is 15.9 Å². The molecule has 0 radical (unpaired) electrons. The third-order valence-corrected chi connectivity index (χ3v) is 8.07. The van der Waals surface area contributed by atoms with Gasteiger partial charge in [0.1, 0.15) is 13.2 Å². The Bertz CT molecular complexity index is 874. The van der Waals surface area contributed by atoms with Crippen molar-refractivity contribution in [3.8, 4) is 11.5 Å². The van der Waals surface area contributed by atoms with E-state index >= 15 is 0 Å². The highest BCUT2D eigenvalue weighted by Crippen LogP contribution is 2.35. The average Bonchev–Trinajstić information content (AvgIpc) is 3.58. The molecule has 2 aliphatic heterocycles. The largest absolute Gasteiger partial charge is 0.486 e. The standard InChI is InChI=1S/C22H32N2O5S/c1-16(2)7-12-24(18-3-4-18)22(25)17-8-10-23(11-9-17)30(26,27)19-5-6-20-21(15-19)29-14-13-28-20/h5-6,15-18H,3-4,7-14H2,1-2H3. The maximum atomic E-state index is 13.1. The van der Waals surface area contributed by atoms with Crippen LogP contribution in [-0.2, 0) is 14.8 Å². The highest BCUT2D eigenvalue weighted by molar-refractivity contribution is 7.89. The minimum Gasteiger partial charge on any atom is -0.486 e. The van der Waals surface area contributed by atoms with Crippen molar-refractivity contribution in [3.63, 3.8) is 0 Å². The zero-order valence-corrected chi connectivity index (χ0v) is 18.7. The van der Waals surface area contributed by atoms with Crippen molar-refractivity contribution in [3.05, 3.63) is 18.2 Å². The summed E-state index contributed by atoms with van der Waals surface area (Å²) in [6, 6.07) is 5.17. The van der Waals surface area contributed by atoms with E-state index in [9.17, 15) is 13.2 Å². The summed E-state index contributed by atoms with van der Waals surface area (Å²) in [6.07, 6.45) is 4.36. The van der Waals surface area contributed by atoms with Gasteiger partial charge in [-0.3, -0.25) is 4.79 Å². The molecule has 1 saturated carbocycles. The molecule has 0 unspecified atom stereocenters. The number of sulfonamides is 1. The second-order valence-electron chi connectivity index (χ2n) is 8.93. The molecule has 8 heteroatoms. The number of nitrogens with zero attached hydrogens (tertiary/aromatic N) is 2. The maximum Gasteiger partial charge on any atom is 0.243 e. The number of amides is 1. The topological polar surface area (TPSA) is 76.2 Å². The minimum absolute atomic E-state index is 0.0792. The molecule has 7 nitrogen and oxygen atoms in total. The van der Waals surface area contributed by atoms with E-state index in [4.69, 9.17) is 9.47 Å². The second-order valence-corrected chi connectivity index (χ2v) is 10.9. The molecular weight excluding hydrogens is 404 g/mol. The van der Waals surface area contributed by atoms with Crippen LogP contribution in [0.15, 0.2) is 23.1 Å². The molecule has 0 aromatic heterocycles. The summed E-state index contributed by atoms with van der Waals surface area (Å²) in [5, 5.41) is 0. The van der Waals surface area contributed by atoms with Gasteiger partial charge in [-0.25, -0.2) is 8.42 Å². The summed E-state index contributed by atoms with van der Waals surface area (Å²) < 4.78 is 38.7. The zero-order chi connectivity index (χ0) is 21.3. The quantitative estimate of drug-likeness (QED) is 0.657. The molecule has 3 aliphatic rings. The van der Waals surface area contributed by atoms with E-state index < -0.39 is 10.0 Å². The maximum absolute atomic E-state index is 13.1. The van der Waals surface area contributed by atoms with Crippen LogP contribution in [0.1, 0.15) is 46.0 Å². The number of rotatable bonds is 7. The second kappa shape index (κ2) is 8.75. The van der Waals surface area contributed by atoms with Crippen molar-refractivity contribution in [2.75, 3.05) is 32.8 Å². The average molecular weight is 437 g/mol. The van der Waals surface area contributed by atoms with Crippen LogP contribution >= 0.6 is 0 Å². The number of ether oxygens (including phenoxy) is 2. The van der Waals surface area contributed by atoms with Crippen molar-refractivity contribution in [2.45, 2.75) is 56.9 Å². The Morgan fingerprint density at radius 1 is 1.10 bits per heavy atom. The molecule has 2 heterocycles. The van der Waals surface area contributed by atoms with E-state index in [2.05, 4.69) is 18.7 Å². The molecule has 30 heavy (non-hydrogen) atoms. The predicted octanol–water partition coefficient (Wildman–Crippen LogP) is 2.90. The monoisotopic (exact) mass is 436 g/mol. The number of carbonyl (C=O) groups excluding carboxylic acids is 1. The first-order chi connectivity index (χ1) is 14.4. The Hall–Kier alpha value is -1.80. The lowest BCUT2D eigenvalue weighted by Gasteiger charge is -2.34. The molecule has 1 aromatic rings. The van der Waals surface area contributed by atoms with Crippen LogP contribution < -0.4 is 9.47 Å². The number of benzene rings is 1. The van der Waals surface area contributed by atoms with E-state index in [0.717, 1.165) is 25.8 Å². The van der Waals surface area contributed by atoms with Crippen molar-refractivity contribution in [1.29, 1.82) is 0 Å². The third-order valence-electron chi connectivity index (χ3n) is 6.17. The van der Waals surface area contributed by atoms with Gasteiger partial charge in [0, 0.05) is 37.7 Å². The number of fused-ring (bicyclic) bond motifs is 1. The summed E-state index contributed by atoms with van der Waals surface area (Å²) in [5.74, 6) is 1.75. The Balaban J connectivity index is 1.39. The smallest absolute Gasteiger partial charge is 0.243 e. The van der Waals surface area contributed by atoms with E-state index in [1.165, 1.54) is 4.31 Å². The van der Waals surface area contributed by atoms with Crippen LogP contribution in [0.25, 0.3) is 0 Å². The molecule has 1 saturated heterocycles. The van der Waals surface area contributed by atoms with Crippen LogP contribution in [0, 0.1) is 11.8 Å². The first-order valence-electron chi connectivity index (χ1n) is 11.1. The zero-order valence-electron chi connectivity index (χ0n) is 17.9. The molecule has 1 aliphatic carbocycles. The number of hydrogen-bond acceptors (Lipinski definition) is 5. The van der Waals surface area contributed by atoms with Gasteiger partial charge in [-0.05, 0) is 50.2 Å². The van der Waals surface area contributed by atoms with Gasteiger partial charge in [0.15, 0.2) is 11.5 Å². The third kappa shape index (κ3) is 4.59. The fourth-order valence-corrected chi connectivity index (χ4v) is 5.65. The van der Waals surface area contributed by atoms with Gasteiger partial charge >= 0.3 is 0 Å². The van der Waals surface area contributed by atoms with Crippen LogP contribution in [0.2, 0.25) is 0 Å². The number of carbonyl (C=O) groups is 1. The first-order valence-corrected chi connectivity index (χ1v) is 12.5. The lowest BCUT2D eigenvalue weighted by atomic mass is 9.96. The summed E-state index contributed by atoms with van der Waals surface area (Å²) in [4.78, 5) is 15.4. The van der Waals surface area contributed by atoms with Crippen LogP contribution in [0.5, 0.6) is 11.5 Å². The van der Waals surface area contributed by atoms with Crippen molar-refractivity contribution >= 4 is 15.9 Å². The molecule has 2 fully saturated rings. The van der Waals surface area contributed by atoms with Crippen molar-refractivity contribution in [2.24, 2.45) is 11.8 Å². The first kappa shape index (κ1) is 21.4. The van der Waals surface area contributed by atoms with E-state index in [1.54, 1.807) is 18.2 Å².